The molecule has 112 valence electrons. The Morgan fingerprint density at radius 2 is 1.90 bits per heavy atom. The van der Waals surface area contributed by atoms with Crippen LogP contribution in [0.25, 0.3) is 0 Å². The molecule has 1 N–H and O–H groups in total. The molecule has 0 radical (unpaired) electrons. The van der Waals surface area contributed by atoms with Crippen LogP contribution in [0.15, 0.2) is 47.2 Å². The molecule has 2 heteroatoms. The third-order valence-electron chi connectivity index (χ3n) is 4.98. The maximum atomic E-state index is 3.81. The molecule has 0 spiro atoms. The summed E-state index contributed by atoms with van der Waals surface area (Å²) < 4.78 is 0. The van der Waals surface area contributed by atoms with E-state index in [0.29, 0.717) is 11.5 Å². The van der Waals surface area contributed by atoms with E-state index in [1.165, 1.54) is 36.8 Å². The van der Waals surface area contributed by atoms with Gasteiger partial charge in [0.2, 0.25) is 0 Å². The summed E-state index contributed by atoms with van der Waals surface area (Å²) in [6, 6.07) is 14.0. The normalized spacial score (nSPS) is 18.7. The SMILES string of the molecule is CCNC(Cc1ccsc1)C1(c2ccccc2)CCCC1. The molecule has 1 fully saturated rings. The average molecular weight is 299 g/mol. The summed E-state index contributed by atoms with van der Waals surface area (Å²) >= 11 is 1.81. The van der Waals surface area contributed by atoms with Crippen molar-refractivity contribution in [3.8, 4) is 0 Å². The van der Waals surface area contributed by atoms with E-state index < -0.39 is 0 Å². The molecule has 1 saturated carbocycles. The molecule has 3 rings (SSSR count). The second-order valence-corrected chi connectivity index (χ2v) is 6.96. The number of likely N-dealkylation sites (N-methyl/N-ethyl adjacent to an activating group) is 1. The van der Waals surface area contributed by atoms with Gasteiger partial charge in [0.05, 0.1) is 0 Å². The molecule has 21 heavy (non-hydrogen) atoms. The van der Waals surface area contributed by atoms with Crippen LogP contribution in [-0.2, 0) is 11.8 Å². The largest absolute Gasteiger partial charge is 0.313 e. The van der Waals surface area contributed by atoms with E-state index >= 15 is 0 Å². The number of thiophene rings is 1. The van der Waals surface area contributed by atoms with Crippen molar-refractivity contribution in [2.45, 2.75) is 50.5 Å². The molecule has 1 nitrogen and oxygen atoms in total. The van der Waals surface area contributed by atoms with Crippen molar-refractivity contribution in [1.29, 1.82) is 0 Å². The fourth-order valence-corrected chi connectivity index (χ4v) is 4.65. The van der Waals surface area contributed by atoms with Crippen LogP contribution in [0.4, 0.5) is 0 Å². The van der Waals surface area contributed by atoms with Crippen molar-refractivity contribution < 1.29 is 0 Å². The van der Waals surface area contributed by atoms with Crippen molar-refractivity contribution in [1.82, 2.24) is 5.32 Å². The number of rotatable bonds is 6. The Balaban J connectivity index is 1.93. The van der Waals surface area contributed by atoms with E-state index in [-0.39, 0.29) is 0 Å². The van der Waals surface area contributed by atoms with Crippen molar-refractivity contribution in [2.75, 3.05) is 6.54 Å². The highest BCUT2D eigenvalue weighted by molar-refractivity contribution is 7.07. The highest BCUT2D eigenvalue weighted by Crippen LogP contribution is 2.44. The zero-order valence-electron chi connectivity index (χ0n) is 12.8. The summed E-state index contributed by atoms with van der Waals surface area (Å²) in [6.07, 6.45) is 6.50. The Morgan fingerprint density at radius 1 is 1.14 bits per heavy atom. The smallest absolute Gasteiger partial charge is 0.0205 e. The summed E-state index contributed by atoms with van der Waals surface area (Å²) in [4.78, 5) is 0. The Kier molecular flexibility index (Phi) is 4.77. The predicted molar refractivity (Wildman–Crippen MR) is 92.1 cm³/mol. The molecular formula is C19H25NS. The van der Waals surface area contributed by atoms with E-state index in [0.717, 1.165) is 13.0 Å². The Labute approximate surface area is 132 Å². The molecule has 1 aromatic carbocycles. The molecule has 0 bridgehead atoms. The molecule has 1 aliphatic rings. The molecule has 1 atom stereocenters. The predicted octanol–water partition coefficient (Wildman–Crippen LogP) is 4.78. The molecule has 2 aromatic rings. The van der Waals surface area contributed by atoms with Gasteiger partial charge in [-0.1, -0.05) is 50.1 Å². The maximum Gasteiger partial charge on any atom is 0.0205 e. The monoisotopic (exact) mass is 299 g/mol. The first-order valence-corrected chi connectivity index (χ1v) is 9.09. The van der Waals surface area contributed by atoms with Crippen LogP contribution >= 0.6 is 11.3 Å². The third-order valence-corrected chi connectivity index (χ3v) is 5.71. The van der Waals surface area contributed by atoms with Gasteiger partial charge < -0.3 is 5.32 Å². The molecule has 1 aliphatic carbocycles. The van der Waals surface area contributed by atoms with Crippen LogP contribution in [0, 0.1) is 0 Å². The van der Waals surface area contributed by atoms with Crippen molar-refractivity contribution in [3.05, 3.63) is 58.3 Å². The molecule has 1 unspecified atom stereocenters. The van der Waals surface area contributed by atoms with Gasteiger partial charge in [-0.3, -0.25) is 0 Å². The zero-order valence-corrected chi connectivity index (χ0v) is 13.7. The maximum absolute atomic E-state index is 3.81. The highest BCUT2D eigenvalue weighted by atomic mass is 32.1. The topological polar surface area (TPSA) is 12.0 Å². The summed E-state index contributed by atoms with van der Waals surface area (Å²) in [5.41, 5.74) is 3.33. The summed E-state index contributed by atoms with van der Waals surface area (Å²) in [5.74, 6) is 0. The minimum absolute atomic E-state index is 0.319. The third kappa shape index (κ3) is 3.07. The molecule has 0 amide bonds. The standard InChI is InChI=1S/C19H25NS/c1-2-20-18(14-16-10-13-21-15-16)19(11-6-7-12-19)17-8-4-3-5-9-17/h3-5,8-10,13,15,18,20H,2,6-7,11-12,14H2,1H3. The van der Waals surface area contributed by atoms with Gasteiger partial charge in [0.25, 0.3) is 0 Å². The van der Waals surface area contributed by atoms with E-state index in [2.05, 4.69) is 59.4 Å². The summed E-state index contributed by atoms with van der Waals surface area (Å²) in [5, 5.41) is 8.31. The van der Waals surface area contributed by atoms with Crippen LogP contribution in [0.5, 0.6) is 0 Å². The minimum Gasteiger partial charge on any atom is -0.313 e. The number of hydrogen-bond donors (Lipinski definition) is 1. The van der Waals surface area contributed by atoms with Gasteiger partial charge in [0.1, 0.15) is 0 Å². The minimum atomic E-state index is 0.319. The fraction of sp³-hybridized carbons (Fsp3) is 0.474. The fourth-order valence-electron chi connectivity index (χ4n) is 3.97. The van der Waals surface area contributed by atoms with Crippen LogP contribution in [0.2, 0.25) is 0 Å². The zero-order chi connectivity index (χ0) is 14.5. The average Bonchev–Trinajstić information content (AvgIpc) is 3.20. The van der Waals surface area contributed by atoms with E-state index in [1.54, 1.807) is 0 Å². The lowest BCUT2D eigenvalue weighted by molar-refractivity contribution is 0.297. The van der Waals surface area contributed by atoms with Gasteiger partial charge >= 0.3 is 0 Å². The van der Waals surface area contributed by atoms with Gasteiger partial charge in [0, 0.05) is 11.5 Å². The van der Waals surface area contributed by atoms with Gasteiger partial charge in [-0.2, -0.15) is 11.3 Å². The Bertz CT molecular complexity index is 526. The number of nitrogens with one attached hydrogen (secondary N) is 1. The quantitative estimate of drug-likeness (QED) is 0.809. The van der Waals surface area contributed by atoms with Crippen LogP contribution in [0.1, 0.15) is 43.7 Å². The molecule has 1 aromatic heterocycles. The molecule has 1 heterocycles. The Morgan fingerprint density at radius 3 is 2.52 bits per heavy atom. The summed E-state index contributed by atoms with van der Waals surface area (Å²) in [6.45, 7) is 3.28. The second-order valence-electron chi connectivity index (χ2n) is 6.18. The van der Waals surface area contributed by atoms with Gasteiger partial charge in [-0.25, -0.2) is 0 Å². The van der Waals surface area contributed by atoms with Crippen molar-refractivity contribution in [2.24, 2.45) is 0 Å². The lowest BCUT2D eigenvalue weighted by Crippen LogP contribution is -2.48. The lowest BCUT2D eigenvalue weighted by Gasteiger charge is -2.39. The van der Waals surface area contributed by atoms with Gasteiger partial charge in [-0.15, -0.1) is 0 Å². The van der Waals surface area contributed by atoms with Crippen molar-refractivity contribution >= 4 is 11.3 Å². The van der Waals surface area contributed by atoms with Gasteiger partial charge in [0.15, 0.2) is 0 Å². The van der Waals surface area contributed by atoms with Crippen LogP contribution < -0.4 is 5.32 Å². The first kappa shape index (κ1) is 14.8. The summed E-state index contributed by atoms with van der Waals surface area (Å²) in [7, 11) is 0. The van der Waals surface area contributed by atoms with Crippen LogP contribution in [0.3, 0.4) is 0 Å². The van der Waals surface area contributed by atoms with Crippen LogP contribution in [-0.4, -0.2) is 12.6 Å². The molecule has 0 aliphatic heterocycles. The van der Waals surface area contributed by atoms with E-state index in [9.17, 15) is 0 Å². The number of benzene rings is 1. The highest BCUT2D eigenvalue weighted by Gasteiger charge is 2.42. The Hall–Kier alpha value is -1.12. The first-order valence-electron chi connectivity index (χ1n) is 8.15. The van der Waals surface area contributed by atoms with E-state index in [4.69, 9.17) is 0 Å². The molecule has 0 saturated heterocycles. The first-order chi connectivity index (χ1) is 10.3. The van der Waals surface area contributed by atoms with E-state index in [1.807, 2.05) is 11.3 Å². The second kappa shape index (κ2) is 6.76. The van der Waals surface area contributed by atoms with Gasteiger partial charge in [-0.05, 0) is 53.8 Å². The number of hydrogen-bond acceptors (Lipinski definition) is 2. The van der Waals surface area contributed by atoms with Crippen molar-refractivity contribution in [3.63, 3.8) is 0 Å². The lowest BCUT2D eigenvalue weighted by atomic mass is 9.71. The molecular weight excluding hydrogens is 274 g/mol.